The number of aromatic nitrogens is 1. The van der Waals surface area contributed by atoms with Gasteiger partial charge in [0.05, 0.1) is 11.4 Å². The predicted octanol–water partition coefficient (Wildman–Crippen LogP) is 4.53. The van der Waals surface area contributed by atoms with E-state index in [-0.39, 0.29) is 11.5 Å². The Morgan fingerprint density at radius 1 is 1.19 bits per heavy atom. The number of rotatable bonds is 7. The topological polar surface area (TPSA) is 76.1 Å². The van der Waals surface area contributed by atoms with Gasteiger partial charge in [-0.05, 0) is 54.8 Å². The van der Waals surface area contributed by atoms with Crippen LogP contribution in [0.15, 0.2) is 52.5 Å². The molecule has 26 heavy (non-hydrogen) atoms. The van der Waals surface area contributed by atoms with E-state index in [4.69, 9.17) is 0 Å². The number of hydrogen-bond acceptors (Lipinski definition) is 6. The first-order valence-corrected chi connectivity index (χ1v) is 11.3. The lowest BCUT2D eigenvalue weighted by atomic mass is 10.1. The molecular weight excluding hydrogens is 388 g/mol. The van der Waals surface area contributed by atoms with E-state index in [0.29, 0.717) is 11.3 Å². The SMILES string of the molecule is CCS(=O)(=O)Nc1ccc(C(=O)/C=C/c2csc(-c3ccsc3)n2)cc1. The molecule has 0 bridgehead atoms. The van der Waals surface area contributed by atoms with Gasteiger partial charge in [-0.2, -0.15) is 11.3 Å². The summed E-state index contributed by atoms with van der Waals surface area (Å²) in [6, 6.07) is 8.35. The molecule has 0 fully saturated rings. The van der Waals surface area contributed by atoms with Gasteiger partial charge >= 0.3 is 0 Å². The van der Waals surface area contributed by atoms with E-state index < -0.39 is 10.0 Å². The lowest BCUT2D eigenvalue weighted by Gasteiger charge is -2.05. The number of carbonyl (C=O) groups is 1. The molecule has 3 rings (SSSR count). The van der Waals surface area contributed by atoms with Crippen LogP contribution in [-0.4, -0.2) is 24.9 Å². The maximum absolute atomic E-state index is 12.3. The van der Waals surface area contributed by atoms with Crippen LogP contribution in [0, 0.1) is 0 Å². The fourth-order valence-electron chi connectivity index (χ4n) is 2.09. The molecule has 0 spiro atoms. The average molecular weight is 405 g/mol. The van der Waals surface area contributed by atoms with Crippen molar-refractivity contribution < 1.29 is 13.2 Å². The Balaban J connectivity index is 1.67. The van der Waals surface area contributed by atoms with Crippen molar-refractivity contribution in [1.82, 2.24) is 4.98 Å². The van der Waals surface area contributed by atoms with E-state index in [2.05, 4.69) is 9.71 Å². The van der Waals surface area contributed by atoms with E-state index in [1.807, 2.05) is 22.2 Å². The standard InChI is InChI=1S/C18H16N2O3S3/c1-2-26(22,23)20-15-5-3-13(4-6-15)17(21)8-7-16-12-25-18(19-16)14-9-10-24-11-14/h3-12,20H,2H2,1H3/b8-7+. The van der Waals surface area contributed by atoms with Crippen molar-refractivity contribution in [3.63, 3.8) is 0 Å². The quantitative estimate of drug-likeness (QED) is 0.464. The van der Waals surface area contributed by atoms with Crippen molar-refractivity contribution in [1.29, 1.82) is 0 Å². The molecular formula is C18H16N2O3S3. The van der Waals surface area contributed by atoms with Crippen LogP contribution in [0.2, 0.25) is 0 Å². The molecule has 1 aromatic carbocycles. The first-order chi connectivity index (χ1) is 12.5. The zero-order valence-corrected chi connectivity index (χ0v) is 16.3. The second-order valence-corrected chi connectivity index (χ2v) is 9.02. The fraction of sp³-hybridized carbons (Fsp3) is 0.111. The van der Waals surface area contributed by atoms with Crippen molar-refractivity contribution in [2.24, 2.45) is 0 Å². The maximum Gasteiger partial charge on any atom is 0.232 e. The van der Waals surface area contributed by atoms with E-state index in [0.717, 1.165) is 16.3 Å². The molecule has 0 saturated carbocycles. The molecule has 0 radical (unpaired) electrons. The van der Waals surface area contributed by atoms with E-state index >= 15 is 0 Å². The molecule has 5 nitrogen and oxygen atoms in total. The number of carbonyl (C=O) groups excluding carboxylic acids is 1. The molecule has 0 aliphatic heterocycles. The van der Waals surface area contributed by atoms with Gasteiger partial charge in [-0.1, -0.05) is 0 Å². The van der Waals surface area contributed by atoms with Crippen LogP contribution < -0.4 is 4.72 Å². The number of sulfonamides is 1. The zero-order chi connectivity index (χ0) is 18.6. The molecule has 0 aliphatic carbocycles. The highest BCUT2D eigenvalue weighted by atomic mass is 32.2. The summed E-state index contributed by atoms with van der Waals surface area (Å²) >= 11 is 3.15. The van der Waals surface area contributed by atoms with Crippen LogP contribution in [0.25, 0.3) is 16.6 Å². The van der Waals surface area contributed by atoms with Gasteiger partial charge in [-0.15, -0.1) is 11.3 Å². The zero-order valence-electron chi connectivity index (χ0n) is 13.9. The minimum Gasteiger partial charge on any atom is -0.289 e. The smallest absolute Gasteiger partial charge is 0.232 e. The van der Waals surface area contributed by atoms with Gasteiger partial charge in [-0.3, -0.25) is 9.52 Å². The highest BCUT2D eigenvalue weighted by Crippen LogP contribution is 2.26. The summed E-state index contributed by atoms with van der Waals surface area (Å²) in [5.74, 6) is -0.169. The number of nitrogens with zero attached hydrogens (tertiary/aromatic N) is 1. The second-order valence-electron chi connectivity index (χ2n) is 5.37. The summed E-state index contributed by atoms with van der Waals surface area (Å²) in [5, 5.41) is 6.86. The summed E-state index contributed by atoms with van der Waals surface area (Å²) in [4.78, 5) is 16.7. The minimum atomic E-state index is -3.32. The van der Waals surface area contributed by atoms with Crippen molar-refractivity contribution in [2.75, 3.05) is 10.5 Å². The van der Waals surface area contributed by atoms with Crippen LogP contribution in [-0.2, 0) is 10.0 Å². The number of anilines is 1. The largest absolute Gasteiger partial charge is 0.289 e. The van der Waals surface area contributed by atoms with Gasteiger partial charge in [0.1, 0.15) is 5.01 Å². The minimum absolute atomic E-state index is 0.00255. The average Bonchev–Trinajstić information content (AvgIpc) is 3.31. The third-order valence-electron chi connectivity index (χ3n) is 3.52. The highest BCUT2D eigenvalue weighted by Gasteiger charge is 2.08. The normalized spacial score (nSPS) is 11.7. The Labute approximate surface area is 160 Å². The Kier molecular flexibility index (Phi) is 5.65. The van der Waals surface area contributed by atoms with Gasteiger partial charge in [0, 0.05) is 27.6 Å². The first-order valence-electron chi connectivity index (χ1n) is 7.78. The number of thiophene rings is 1. The Morgan fingerprint density at radius 3 is 2.62 bits per heavy atom. The molecule has 1 N–H and O–H groups in total. The summed E-state index contributed by atoms with van der Waals surface area (Å²) in [6.45, 7) is 1.56. The lowest BCUT2D eigenvalue weighted by molar-refractivity contribution is 0.104. The van der Waals surface area contributed by atoms with Gasteiger partial charge in [0.15, 0.2) is 5.78 Å². The number of thiazole rings is 1. The Hall–Kier alpha value is -2.29. The summed E-state index contributed by atoms with van der Waals surface area (Å²) in [5.41, 5.74) is 2.73. The van der Waals surface area contributed by atoms with Crippen LogP contribution in [0.3, 0.4) is 0 Å². The van der Waals surface area contributed by atoms with Crippen LogP contribution in [0.4, 0.5) is 5.69 Å². The van der Waals surface area contributed by atoms with Gasteiger partial charge < -0.3 is 0 Å². The molecule has 2 heterocycles. The summed E-state index contributed by atoms with van der Waals surface area (Å²) in [6.07, 6.45) is 3.15. The molecule has 8 heteroatoms. The van der Waals surface area contributed by atoms with E-state index in [1.54, 1.807) is 48.6 Å². The van der Waals surface area contributed by atoms with Crippen LogP contribution in [0.5, 0.6) is 0 Å². The highest BCUT2D eigenvalue weighted by molar-refractivity contribution is 7.92. The van der Waals surface area contributed by atoms with E-state index in [1.165, 1.54) is 17.4 Å². The fourth-order valence-corrected chi connectivity index (χ4v) is 4.23. The number of hydrogen-bond donors (Lipinski definition) is 1. The molecule has 0 amide bonds. The number of nitrogens with one attached hydrogen (secondary N) is 1. The monoisotopic (exact) mass is 404 g/mol. The predicted molar refractivity (Wildman–Crippen MR) is 108 cm³/mol. The molecule has 0 aliphatic rings. The summed E-state index contributed by atoms with van der Waals surface area (Å²) < 4.78 is 25.5. The number of allylic oxidation sites excluding steroid dienone is 1. The van der Waals surface area contributed by atoms with Crippen molar-refractivity contribution in [3.8, 4) is 10.6 Å². The third kappa shape index (κ3) is 4.66. The molecule has 0 atom stereocenters. The number of benzene rings is 1. The molecule has 3 aromatic rings. The van der Waals surface area contributed by atoms with Gasteiger partial charge in [0.2, 0.25) is 10.0 Å². The third-order valence-corrected chi connectivity index (χ3v) is 6.42. The molecule has 0 unspecified atom stereocenters. The van der Waals surface area contributed by atoms with Crippen molar-refractivity contribution in [3.05, 3.63) is 63.8 Å². The van der Waals surface area contributed by atoms with E-state index in [9.17, 15) is 13.2 Å². The molecule has 0 saturated heterocycles. The van der Waals surface area contributed by atoms with Gasteiger partial charge in [-0.25, -0.2) is 13.4 Å². The first kappa shape index (κ1) is 18.5. The van der Waals surface area contributed by atoms with Gasteiger partial charge in [0.25, 0.3) is 0 Å². The molecule has 2 aromatic heterocycles. The lowest BCUT2D eigenvalue weighted by Crippen LogP contribution is -2.14. The number of ketones is 1. The van der Waals surface area contributed by atoms with Crippen LogP contribution in [0.1, 0.15) is 23.0 Å². The van der Waals surface area contributed by atoms with Crippen molar-refractivity contribution in [2.45, 2.75) is 6.92 Å². The summed E-state index contributed by atoms with van der Waals surface area (Å²) in [7, 11) is -3.32. The maximum atomic E-state index is 12.3. The second kappa shape index (κ2) is 7.94. The van der Waals surface area contributed by atoms with Crippen molar-refractivity contribution >= 4 is 50.2 Å². The Morgan fingerprint density at radius 2 is 1.96 bits per heavy atom. The molecule has 134 valence electrons. The van der Waals surface area contributed by atoms with Crippen LogP contribution >= 0.6 is 22.7 Å². The Bertz CT molecular complexity index is 1020.